The van der Waals surface area contributed by atoms with Gasteiger partial charge < -0.3 is 9.64 Å². The first-order valence-electron chi connectivity index (χ1n) is 10.0. The van der Waals surface area contributed by atoms with Crippen LogP contribution in [0.1, 0.15) is 35.4 Å². The minimum absolute atomic E-state index is 0.107. The summed E-state index contributed by atoms with van der Waals surface area (Å²) >= 11 is 12.0. The Bertz CT molecular complexity index is 1080. The summed E-state index contributed by atoms with van der Waals surface area (Å²) in [6.07, 6.45) is 7.52. The first-order chi connectivity index (χ1) is 15.0. The Labute approximate surface area is 190 Å². The average Bonchev–Trinajstić information content (AvgIpc) is 2.80. The first-order valence-corrected chi connectivity index (χ1v) is 10.8. The van der Waals surface area contributed by atoms with Gasteiger partial charge in [-0.1, -0.05) is 23.2 Å². The van der Waals surface area contributed by atoms with Gasteiger partial charge in [0.2, 0.25) is 5.88 Å². The zero-order valence-corrected chi connectivity index (χ0v) is 18.5. The molecule has 0 saturated carbocycles. The number of rotatable bonds is 5. The number of hydrogen-bond acceptors (Lipinski definition) is 6. The van der Waals surface area contributed by atoms with Crippen molar-refractivity contribution in [2.45, 2.75) is 32.2 Å². The second-order valence-corrected chi connectivity index (χ2v) is 8.13. The van der Waals surface area contributed by atoms with Crippen molar-refractivity contribution in [3.8, 4) is 17.3 Å². The Balaban J connectivity index is 1.57. The predicted molar refractivity (Wildman–Crippen MR) is 118 cm³/mol. The fourth-order valence-electron chi connectivity index (χ4n) is 3.57. The number of likely N-dealkylation sites (tertiary alicyclic amines) is 1. The first kappa shape index (κ1) is 21.5. The zero-order chi connectivity index (χ0) is 21.8. The molecule has 1 amide bonds. The van der Waals surface area contributed by atoms with E-state index in [0.29, 0.717) is 46.2 Å². The molecule has 3 aromatic rings. The highest BCUT2D eigenvalue weighted by molar-refractivity contribution is 6.41. The van der Waals surface area contributed by atoms with Crippen LogP contribution in [0.3, 0.4) is 0 Å². The molecule has 1 fully saturated rings. The van der Waals surface area contributed by atoms with Crippen molar-refractivity contribution in [3.63, 3.8) is 0 Å². The highest BCUT2D eigenvalue weighted by Crippen LogP contribution is 2.27. The van der Waals surface area contributed by atoms with Crippen molar-refractivity contribution in [1.82, 2.24) is 24.8 Å². The smallest absolute Gasteiger partial charge is 0.273 e. The summed E-state index contributed by atoms with van der Waals surface area (Å²) in [6, 6.07) is 6.91. The lowest BCUT2D eigenvalue weighted by atomic mass is 10.0. The van der Waals surface area contributed by atoms with Gasteiger partial charge in [-0.05, 0) is 44.4 Å². The SMILES string of the molecule is Cc1ccc(-c2ncccn2)c(C(=O)N2CCCCC2COc2cc(Cl)c(Cl)cn2)n1. The number of halogens is 2. The van der Waals surface area contributed by atoms with Gasteiger partial charge in [-0.2, -0.15) is 0 Å². The molecular formula is C22H21Cl2N5O2. The molecule has 4 heterocycles. The summed E-state index contributed by atoms with van der Waals surface area (Å²) in [5.74, 6) is 0.698. The van der Waals surface area contributed by atoms with E-state index in [9.17, 15) is 4.79 Å². The summed E-state index contributed by atoms with van der Waals surface area (Å²) in [5.41, 5.74) is 1.73. The molecule has 160 valence electrons. The van der Waals surface area contributed by atoms with Gasteiger partial charge >= 0.3 is 0 Å². The molecule has 0 aliphatic carbocycles. The summed E-state index contributed by atoms with van der Waals surface area (Å²) in [7, 11) is 0. The van der Waals surface area contributed by atoms with Crippen LogP contribution in [0.15, 0.2) is 42.9 Å². The maximum atomic E-state index is 13.6. The number of pyridine rings is 2. The fraction of sp³-hybridized carbons (Fsp3) is 0.318. The summed E-state index contributed by atoms with van der Waals surface area (Å²) < 4.78 is 5.84. The fourth-order valence-corrected chi connectivity index (χ4v) is 3.82. The molecule has 1 aliphatic rings. The molecule has 1 atom stereocenters. The van der Waals surface area contributed by atoms with Crippen LogP contribution in [0, 0.1) is 6.92 Å². The van der Waals surface area contributed by atoms with Crippen LogP contribution in [0.2, 0.25) is 10.0 Å². The largest absolute Gasteiger partial charge is 0.475 e. The molecule has 31 heavy (non-hydrogen) atoms. The highest BCUT2D eigenvalue weighted by atomic mass is 35.5. The van der Waals surface area contributed by atoms with E-state index < -0.39 is 0 Å². The Kier molecular flexibility index (Phi) is 6.63. The van der Waals surface area contributed by atoms with Crippen LogP contribution in [0.4, 0.5) is 0 Å². The van der Waals surface area contributed by atoms with Gasteiger partial charge in [-0.3, -0.25) is 4.79 Å². The van der Waals surface area contributed by atoms with E-state index in [0.717, 1.165) is 25.0 Å². The Morgan fingerprint density at radius 1 is 1.16 bits per heavy atom. The van der Waals surface area contributed by atoms with Crippen LogP contribution in [0.5, 0.6) is 5.88 Å². The van der Waals surface area contributed by atoms with Crippen molar-refractivity contribution in [2.75, 3.05) is 13.2 Å². The Morgan fingerprint density at radius 3 is 2.74 bits per heavy atom. The molecular weight excluding hydrogens is 437 g/mol. The van der Waals surface area contributed by atoms with Crippen LogP contribution in [-0.2, 0) is 0 Å². The number of nitrogens with zero attached hydrogens (tertiary/aromatic N) is 5. The van der Waals surface area contributed by atoms with E-state index >= 15 is 0 Å². The number of carbonyl (C=O) groups excluding carboxylic acids is 1. The highest BCUT2D eigenvalue weighted by Gasteiger charge is 2.31. The van der Waals surface area contributed by atoms with Gasteiger partial charge in [-0.15, -0.1) is 0 Å². The van der Waals surface area contributed by atoms with Gasteiger partial charge in [0.1, 0.15) is 12.3 Å². The number of aryl methyl sites for hydroxylation is 1. The molecule has 3 aromatic heterocycles. The van der Waals surface area contributed by atoms with Crippen molar-refractivity contribution < 1.29 is 9.53 Å². The second-order valence-electron chi connectivity index (χ2n) is 7.32. The van der Waals surface area contributed by atoms with E-state index in [1.165, 1.54) is 6.20 Å². The van der Waals surface area contributed by atoms with Crippen molar-refractivity contribution in [3.05, 3.63) is 64.3 Å². The summed E-state index contributed by atoms with van der Waals surface area (Å²) in [6.45, 7) is 2.80. The maximum Gasteiger partial charge on any atom is 0.273 e. The van der Waals surface area contributed by atoms with Crippen LogP contribution >= 0.6 is 23.2 Å². The monoisotopic (exact) mass is 457 g/mol. The molecule has 9 heteroatoms. The lowest BCUT2D eigenvalue weighted by Gasteiger charge is -2.35. The van der Waals surface area contributed by atoms with Gasteiger partial charge in [0.05, 0.1) is 27.8 Å². The van der Waals surface area contributed by atoms with Gasteiger partial charge in [-0.25, -0.2) is 19.9 Å². The standard InChI is InChI=1S/C22H21Cl2N5O2/c1-14-6-7-16(21-25-8-4-9-26-21)20(28-14)22(30)29-10-3-2-5-15(29)13-31-19-11-17(23)18(24)12-27-19/h4,6-9,11-12,15H,2-3,5,10,13H2,1H3. The number of piperidine rings is 1. The minimum atomic E-state index is -0.151. The molecule has 0 N–H and O–H groups in total. The van der Waals surface area contributed by atoms with Crippen molar-refractivity contribution in [2.24, 2.45) is 0 Å². The normalized spacial score (nSPS) is 16.2. The third-order valence-electron chi connectivity index (χ3n) is 5.14. The summed E-state index contributed by atoms with van der Waals surface area (Å²) in [5, 5.41) is 0.740. The molecule has 1 unspecified atom stereocenters. The average molecular weight is 458 g/mol. The van der Waals surface area contributed by atoms with E-state index in [2.05, 4.69) is 19.9 Å². The van der Waals surface area contributed by atoms with E-state index in [1.54, 1.807) is 24.5 Å². The van der Waals surface area contributed by atoms with E-state index in [-0.39, 0.29) is 11.9 Å². The van der Waals surface area contributed by atoms with Crippen molar-refractivity contribution in [1.29, 1.82) is 0 Å². The molecule has 0 spiro atoms. The lowest BCUT2D eigenvalue weighted by Crippen LogP contribution is -2.47. The van der Waals surface area contributed by atoms with Gasteiger partial charge in [0.15, 0.2) is 5.82 Å². The second kappa shape index (κ2) is 9.58. The number of amides is 1. The number of carbonyl (C=O) groups is 1. The minimum Gasteiger partial charge on any atom is -0.475 e. The van der Waals surface area contributed by atoms with E-state index in [1.807, 2.05) is 24.0 Å². The van der Waals surface area contributed by atoms with Gasteiger partial charge in [0.25, 0.3) is 5.91 Å². The summed E-state index contributed by atoms with van der Waals surface area (Å²) in [4.78, 5) is 32.7. The van der Waals surface area contributed by atoms with Gasteiger partial charge in [0, 0.05) is 30.7 Å². The van der Waals surface area contributed by atoms with Crippen LogP contribution < -0.4 is 4.74 Å². The topological polar surface area (TPSA) is 81.1 Å². The third kappa shape index (κ3) is 4.94. The van der Waals surface area contributed by atoms with Crippen LogP contribution in [-0.4, -0.2) is 49.9 Å². The molecule has 4 rings (SSSR count). The number of hydrogen-bond donors (Lipinski definition) is 0. The molecule has 1 saturated heterocycles. The molecule has 0 aromatic carbocycles. The van der Waals surface area contributed by atoms with Crippen molar-refractivity contribution >= 4 is 29.1 Å². The molecule has 1 aliphatic heterocycles. The number of aromatic nitrogens is 4. The predicted octanol–water partition coefficient (Wildman–Crippen LogP) is 4.62. The lowest BCUT2D eigenvalue weighted by molar-refractivity contribution is 0.0519. The molecule has 0 bridgehead atoms. The van der Waals surface area contributed by atoms with E-state index in [4.69, 9.17) is 27.9 Å². The Hall–Kier alpha value is -2.77. The Morgan fingerprint density at radius 2 is 1.97 bits per heavy atom. The maximum absolute atomic E-state index is 13.6. The zero-order valence-electron chi connectivity index (χ0n) is 17.0. The van der Waals surface area contributed by atoms with Crippen LogP contribution in [0.25, 0.3) is 11.4 Å². The third-order valence-corrected chi connectivity index (χ3v) is 5.85. The molecule has 7 nitrogen and oxygen atoms in total. The number of ether oxygens (including phenoxy) is 1. The quantitative estimate of drug-likeness (QED) is 0.555. The molecule has 0 radical (unpaired) electrons.